The smallest absolute Gasteiger partial charge is 0.264 e. The number of ether oxygens (including phenoxy) is 1. The number of hydrogen-bond acceptors (Lipinski definition) is 3. The van der Waals surface area contributed by atoms with Crippen LogP contribution < -0.4 is 0 Å². The van der Waals surface area contributed by atoms with Crippen LogP contribution in [0.25, 0.3) is 10.1 Å². The van der Waals surface area contributed by atoms with Gasteiger partial charge in [0.15, 0.2) is 0 Å². The fourth-order valence-corrected chi connectivity index (χ4v) is 3.10. The van der Waals surface area contributed by atoms with E-state index in [1.165, 1.54) is 11.3 Å². The third kappa shape index (κ3) is 3.47. The number of nitrogens with zero attached hydrogens (tertiary/aromatic N) is 1. The molecule has 3 nitrogen and oxygen atoms in total. The summed E-state index contributed by atoms with van der Waals surface area (Å²) in [5.74, 6) is 0.458. The average Bonchev–Trinajstić information content (AvgIpc) is 2.86. The Kier molecular flexibility index (Phi) is 5.19. The maximum atomic E-state index is 12.4. The summed E-state index contributed by atoms with van der Waals surface area (Å²) in [6.45, 7) is 1.63. The highest BCUT2D eigenvalue weighted by molar-refractivity contribution is 7.20. The van der Waals surface area contributed by atoms with Gasteiger partial charge in [-0.2, -0.15) is 0 Å². The fourth-order valence-electron chi connectivity index (χ4n) is 1.86. The normalized spacial score (nSPS) is 10.8. The molecule has 0 N–H and O–H groups in total. The minimum absolute atomic E-state index is 0.0268. The minimum atomic E-state index is 0.0268. The summed E-state index contributed by atoms with van der Waals surface area (Å²) >= 11 is 7.27. The first-order valence-electron chi connectivity index (χ1n) is 6.09. The first-order valence-corrected chi connectivity index (χ1v) is 7.44. The summed E-state index contributed by atoms with van der Waals surface area (Å²) in [7, 11) is 1.63. The summed E-state index contributed by atoms with van der Waals surface area (Å²) in [4.78, 5) is 14.9. The van der Waals surface area contributed by atoms with Gasteiger partial charge in [0.05, 0.1) is 11.5 Å². The van der Waals surface area contributed by atoms with E-state index in [2.05, 4.69) is 0 Å². The predicted molar refractivity (Wildman–Crippen MR) is 80.3 cm³/mol. The molecule has 0 aliphatic carbocycles. The van der Waals surface area contributed by atoms with Gasteiger partial charge in [-0.25, -0.2) is 0 Å². The molecule has 2 aromatic rings. The van der Waals surface area contributed by atoms with E-state index in [9.17, 15) is 4.79 Å². The molecule has 1 aromatic heterocycles. The number of alkyl halides is 1. The van der Waals surface area contributed by atoms with Crippen LogP contribution in [0.15, 0.2) is 30.3 Å². The first-order chi connectivity index (χ1) is 9.26. The predicted octanol–water partition coefficient (Wildman–Crippen LogP) is 3.23. The summed E-state index contributed by atoms with van der Waals surface area (Å²) < 4.78 is 6.16. The lowest BCUT2D eigenvalue weighted by Crippen LogP contribution is -2.35. The minimum Gasteiger partial charge on any atom is -0.383 e. The Bertz CT molecular complexity index is 522. The number of halogens is 1. The first kappa shape index (κ1) is 14.3. The molecule has 0 saturated heterocycles. The van der Waals surface area contributed by atoms with E-state index in [-0.39, 0.29) is 5.91 Å². The zero-order chi connectivity index (χ0) is 13.7. The monoisotopic (exact) mass is 297 g/mol. The van der Waals surface area contributed by atoms with Crippen molar-refractivity contribution in [3.8, 4) is 0 Å². The van der Waals surface area contributed by atoms with Crippen LogP contribution >= 0.6 is 22.9 Å². The van der Waals surface area contributed by atoms with Crippen LogP contribution in [0, 0.1) is 0 Å². The molecule has 0 aliphatic heterocycles. The Hall–Kier alpha value is -1.10. The number of carbonyl (C=O) groups is 1. The Morgan fingerprint density at radius 3 is 2.84 bits per heavy atom. The molecule has 0 radical (unpaired) electrons. The number of hydrogen-bond donors (Lipinski definition) is 0. The molecule has 0 spiro atoms. The second-order valence-electron chi connectivity index (χ2n) is 4.12. The summed E-state index contributed by atoms with van der Waals surface area (Å²) in [6, 6.07) is 9.94. The number of methoxy groups -OCH3 is 1. The van der Waals surface area contributed by atoms with E-state index in [0.29, 0.717) is 25.6 Å². The SMILES string of the molecule is COCCN(CCCl)C(=O)c1cc2ccccc2s1. The third-order valence-corrected chi connectivity index (χ3v) is 4.12. The van der Waals surface area contributed by atoms with Gasteiger partial charge >= 0.3 is 0 Å². The van der Waals surface area contributed by atoms with E-state index < -0.39 is 0 Å². The topological polar surface area (TPSA) is 29.5 Å². The molecule has 0 unspecified atom stereocenters. The number of rotatable bonds is 6. The standard InChI is InChI=1S/C14H16ClNO2S/c1-18-9-8-16(7-6-15)14(17)13-10-11-4-2-3-5-12(11)19-13/h2-5,10H,6-9H2,1H3. The van der Waals surface area contributed by atoms with Crippen LogP contribution in [-0.4, -0.2) is 43.5 Å². The van der Waals surface area contributed by atoms with Crippen molar-refractivity contribution in [1.29, 1.82) is 0 Å². The molecule has 1 amide bonds. The fraction of sp³-hybridized carbons (Fsp3) is 0.357. The maximum Gasteiger partial charge on any atom is 0.264 e. The van der Waals surface area contributed by atoms with E-state index in [4.69, 9.17) is 16.3 Å². The van der Waals surface area contributed by atoms with Gasteiger partial charge in [0, 0.05) is 30.8 Å². The van der Waals surface area contributed by atoms with Gasteiger partial charge in [0.25, 0.3) is 5.91 Å². The van der Waals surface area contributed by atoms with E-state index in [1.807, 2.05) is 30.3 Å². The van der Waals surface area contributed by atoms with Crippen molar-refractivity contribution in [3.63, 3.8) is 0 Å². The van der Waals surface area contributed by atoms with Crippen LogP contribution in [0.3, 0.4) is 0 Å². The quantitative estimate of drug-likeness (QED) is 0.766. The third-order valence-electron chi connectivity index (χ3n) is 2.84. The molecule has 1 aromatic carbocycles. The number of amides is 1. The van der Waals surface area contributed by atoms with Crippen LogP contribution in [0.1, 0.15) is 9.67 Å². The van der Waals surface area contributed by atoms with Crippen molar-refractivity contribution in [2.45, 2.75) is 0 Å². The lowest BCUT2D eigenvalue weighted by molar-refractivity contribution is 0.0712. The molecule has 0 atom stereocenters. The van der Waals surface area contributed by atoms with Crippen molar-refractivity contribution >= 4 is 38.9 Å². The zero-order valence-corrected chi connectivity index (χ0v) is 12.3. The number of thiophene rings is 1. The zero-order valence-electron chi connectivity index (χ0n) is 10.8. The van der Waals surface area contributed by atoms with Crippen LogP contribution in [-0.2, 0) is 4.74 Å². The second-order valence-corrected chi connectivity index (χ2v) is 5.58. The van der Waals surface area contributed by atoms with Crippen molar-refractivity contribution < 1.29 is 9.53 Å². The molecule has 1 heterocycles. The Morgan fingerprint density at radius 1 is 1.37 bits per heavy atom. The number of benzene rings is 1. The molecule has 0 saturated carbocycles. The van der Waals surface area contributed by atoms with Crippen molar-refractivity contribution in [3.05, 3.63) is 35.2 Å². The van der Waals surface area contributed by atoms with Crippen LogP contribution in [0.5, 0.6) is 0 Å². The Morgan fingerprint density at radius 2 is 2.16 bits per heavy atom. The summed E-state index contributed by atoms with van der Waals surface area (Å²) in [5, 5.41) is 1.11. The number of carbonyl (C=O) groups excluding carboxylic acids is 1. The number of fused-ring (bicyclic) bond motifs is 1. The van der Waals surface area contributed by atoms with Crippen LogP contribution in [0.4, 0.5) is 0 Å². The summed E-state index contributed by atoms with van der Waals surface area (Å²) in [6.07, 6.45) is 0. The Balaban J connectivity index is 2.19. The second kappa shape index (κ2) is 6.89. The molecule has 0 fully saturated rings. The molecule has 5 heteroatoms. The lowest BCUT2D eigenvalue weighted by atomic mass is 10.2. The lowest BCUT2D eigenvalue weighted by Gasteiger charge is -2.20. The molecular formula is C14H16ClNO2S. The van der Waals surface area contributed by atoms with Crippen molar-refractivity contribution in [2.75, 3.05) is 32.7 Å². The van der Waals surface area contributed by atoms with Gasteiger partial charge in [-0.1, -0.05) is 18.2 Å². The van der Waals surface area contributed by atoms with Gasteiger partial charge < -0.3 is 9.64 Å². The van der Waals surface area contributed by atoms with E-state index in [0.717, 1.165) is 15.0 Å². The van der Waals surface area contributed by atoms with E-state index >= 15 is 0 Å². The highest BCUT2D eigenvalue weighted by Crippen LogP contribution is 2.26. The molecule has 2 rings (SSSR count). The van der Waals surface area contributed by atoms with Crippen LogP contribution in [0.2, 0.25) is 0 Å². The van der Waals surface area contributed by atoms with Gasteiger partial charge in [-0.15, -0.1) is 22.9 Å². The average molecular weight is 298 g/mol. The highest BCUT2D eigenvalue weighted by Gasteiger charge is 2.17. The van der Waals surface area contributed by atoms with Gasteiger partial charge in [0.1, 0.15) is 0 Å². The molecular weight excluding hydrogens is 282 g/mol. The van der Waals surface area contributed by atoms with Gasteiger partial charge in [0.2, 0.25) is 0 Å². The molecule has 0 bridgehead atoms. The Labute approximate surface area is 121 Å². The highest BCUT2D eigenvalue weighted by atomic mass is 35.5. The van der Waals surface area contributed by atoms with Crippen molar-refractivity contribution in [2.24, 2.45) is 0 Å². The maximum absolute atomic E-state index is 12.4. The molecule has 102 valence electrons. The largest absolute Gasteiger partial charge is 0.383 e. The molecule has 19 heavy (non-hydrogen) atoms. The van der Waals surface area contributed by atoms with Gasteiger partial charge in [-0.3, -0.25) is 4.79 Å². The van der Waals surface area contributed by atoms with Gasteiger partial charge in [-0.05, 0) is 17.5 Å². The summed E-state index contributed by atoms with van der Waals surface area (Å²) in [5.41, 5.74) is 0. The van der Waals surface area contributed by atoms with Crippen molar-refractivity contribution in [1.82, 2.24) is 4.90 Å². The molecule has 0 aliphatic rings. The van der Waals surface area contributed by atoms with E-state index in [1.54, 1.807) is 12.0 Å².